The van der Waals surface area contributed by atoms with Crippen molar-refractivity contribution in [2.45, 2.75) is 24.9 Å². The molecule has 2 aliphatic rings. The molecule has 1 unspecified atom stereocenters. The van der Waals surface area contributed by atoms with Crippen molar-refractivity contribution >= 4 is 25.1 Å². The van der Waals surface area contributed by atoms with Crippen molar-refractivity contribution in [2.75, 3.05) is 37.7 Å². The van der Waals surface area contributed by atoms with Crippen molar-refractivity contribution in [2.24, 2.45) is 0 Å². The van der Waals surface area contributed by atoms with Crippen LogP contribution in [-0.2, 0) is 9.36 Å². The molecule has 5 N–H and O–H groups in total. The number of nitrogens with one attached hydrogen (secondary N) is 3. The Bertz CT molecular complexity index is 1050. The molecular formula is C22H28N5O5P. The highest BCUT2D eigenvalue weighted by atomic mass is 31.2. The number of amides is 2. The van der Waals surface area contributed by atoms with Crippen LogP contribution < -0.4 is 16.0 Å². The van der Waals surface area contributed by atoms with E-state index in [0.717, 1.165) is 24.1 Å². The molecule has 10 nitrogen and oxygen atoms in total. The zero-order valence-electron chi connectivity index (χ0n) is 18.1. The summed E-state index contributed by atoms with van der Waals surface area (Å²) in [4.78, 5) is 51.1. The van der Waals surface area contributed by atoms with Gasteiger partial charge >= 0.3 is 7.60 Å². The molecule has 4 rings (SSSR count). The average Bonchev–Trinajstić information content (AvgIpc) is 3.62. The van der Waals surface area contributed by atoms with Crippen LogP contribution in [0.4, 0.5) is 5.69 Å². The first-order valence-corrected chi connectivity index (χ1v) is 12.8. The van der Waals surface area contributed by atoms with E-state index in [0.29, 0.717) is 37.9 Å². The molecule has 1 aliphatic heterocycles. The highest BCUT2D eigenvalue weighted by Crippen LogP contribution is 2.35. The fourth-order valence-corrected chi connectivity index (χ4v) is 4.43. The van der Waals surface area contributed by atoms with Crippen LogP contribution in [-0.4, -0.2) is 75.9 Å². The zero-order valence-corrected chi connectivity index (χ0v) is 19.0. The van der Waals surface area contributed by atoms with E-state index in [2.05, 4.69) is 20.9 Å². The van der Waals surface area contributed by atoms with Gasteiger partial charge in [0.25, 0.3) is 5.91 Å². The van der Waals surface area contributed by atoms with Gasteiger partial charge in [-0.25, -0.2) is 4.98 Å². The minimum Gasteiger partial charge on any atom is -0.382 e. The lowest BCUT2D eigenvalue weighted by Crippen LogP contribution is -2.55. The third-order valence-corrected chi connectivity index (χ3v) is 6.37. The molecule has 2 fully saturated rings. The van der Waals surface area contributed by atoms with Crippen molar-refractivity contribution in [1.82, 2.24) is 20.5 Å². The molecule has 2 amide bonds. The number of carbonyl (C=O) groups is 2. The summed E-state index contributed by atoms with van der Waals surface area (Å²) in [5.74, 6) is -1.17. The van der Waals surface area contributed by atoms with E-state index in [4.69, 9.17) is 0 Å². The Morgan fingerprint density at radius 1 is 1.15 bits per heavy atom. The van der Waals surface area contributed by atoms with E-state index in [9.17, 15) is 23.9 Å². The zero-order chi connectivity index (χ0) is 23.4. The molecule has 1 saturated carbocycles. The Morgan fingerprint density at radius 3 is 2.48 bits per heavy atom. The van der Waals surface area contributed by atoms with Gasteiger partial charge in [0.05, 0.1) is 11.9 Å². The molecule has 176 valence electrons. The van der Waals surface area contributed by atoms with Crippen LogP contribution in [0.1, 0.15) is 23.3 Å². The summed E-state index contributed by atoms with van der Waals surface area (Å²) in [6, 6.07) is 11.9. The number of hydrogen-bond acceptors (Lipinski definition) is 6. The molecule has 1 atom stereocenters. The molecule has 0 radical (unpaired) electrons. The van der Waals surface area contributed by atoms with Gasteiger partial charge < -0.3 is 30.6 Å². The second kappa shape index (κ2) is 10.0. The average molecular weight is 473 g/mol. The molecule has 0 bridgehead atoms. The molecule has 11 heteroatoms. The molecule has 1 aliphatic carbocycles. The largest absolute Gasteiger partial charge is 0.382 e. The Labute approximate surface area is 191 Å². The van der Waals surface area contributed by atoms with Gasteiger partial charge in [0, 0.05) is 43.5 Å². The number of anilines is 1. The fourth-order valence-electron chi connectivity index (χ4n) is 3.71. The van der Waals surface area contributed by atoms with Gasteiger partial charge in [0.1, 0.15) is 11.7 Å². The number of benzene rings is 1. The number of aromatic nitrogens is 1. The van der Waals surface area contributed by atoms with E-state index in [-0.39, 0.29) is 5.69 Å². The summed E-state index contributed by atoms with van der Waals surface area (Å²) in [5.41, 5.74) is 2.22. The lowest BCUT2D eigenvalue weighted by Gasteiger charge is -2.31. The number of piperazine rings is 1. The second-order valence-corrected chi connectivity index (χ2v) is 10.1. The van der Waals surface area contributed by atoms with Gasteiger partial charge in [0.2, 0.25) is 5.91 Å². The number of carbonyl (C=O) groups excluding carboxylic acids is 2. The smallest absolute Gasteiger partial charge is 0.328 e. The van der Waals surface area contributed by atoms with Crippen molar-refractivity contribution in [3.8, 4) is 11.3 Å². The minimum absolute atomic E-state index is 0.0725. The van der Waals surface area contributed by atoms with Crippen LogP contribution in [0.15, 0.2) is 42.5 Å². The number of pyridine rings is 1. The third kappa shape index (κ3) is 6.61. The van der Waals surface area contributed by atoms with Crippen LogP contribution in [0.5, 0.6) is 0 Å². The third-order valence-electron chi connectivity index (χ3n) is 5.53. The lowest BCUT2D eigenvalue weighted by atomic mass is 10.1. The Morgan fingerprint density at radius 2 is 1.85 bits per heavy atom. The number of rotatable bonds is 8. The van der Waals surface area contributed by atoms with Gasteiger partial charge in [-0.15, -0.1) is 0 Å². The van der Waals surface area contributed by atoms with Crippen LogP contribution in [0.2, 0.25) is 0 Å². The van der Waals surface area contributed by atoms with Crippen LogP contribution in [0, 0.1) is 0 Å². The van der Waals surface area contributed by atoms with Crippen molar-refractivity contribution in [3.05, 3.63) is 48.2 Å². The van der Waals surface area contributed by atoms with Crippen molar-refractivity contribution in [1.29, 1.82) is 0 Å². The summed E-state index contributed by atoms with van der Waals surface area (Å²) < 4.78 is 11.7. The standard InChI is InChI=1S/C22H28N5O5P/c28-21(26-20(14-33(30,31)32)22(29)27-10-8-23-9-11-27)19-13-17(24-16-6-7-16)12-18(25-19)15-4-2-1-3-5-15/h1-5,12-13,16,20,23H,6-11,14H2,(H,24,25)(H,26,28)(H2,30,31,32). The Hall–Kier alpha value is -2.78. The first-order valence-electron chi connectivity index (χ1n) is 11.0. The highest BCUT2D eigenvalue weighted by Gasteiger charge is 2.33. The van der Waals surface area contributed by atoms with Gasteiger partial charge in [-0.05, 0) is 25.0 Å². The molecule has 2 heterocycles. The summed E-state index contributed by atoms with van der Waals surface area (Å²) >= 11 is 0. The van der Waals surface area contributed by atoms with E-state index in [1.165, 1.54) is 4.90 Å². The predicted molar refractivity (Wildman–Crippen MR) is 124 cm³/mol. The van der Waals surface area contributed by atoms with E-state index < -0.39 is 31.6 Å². The van der Waals surface area contributed by atoms with Crippen molar-refractivity contribution in [3.63, 3.8) is 0 Å². The van der Waals surface area contributed by atoms with Gasteiger partial charge in [-0.1, -0.05) is 30.3 Å². The number of nitrogens with zero attached hydrogens (tertiary/aromatic N) is 2. The molecule has 2 aromatic rings. The maximum absolute atomic E-state index is 13.1. The molecule has 1 aromatic carbocycles. The fraction of sp³-hybridized carbons (Fsp3) is 0.409. The molecule has 1 aromatic heterocycles. The molecular weight excluding hydrogens is 445 g/mol. The second-order valence-electron chi connectivity index (χ2n) is 8.36. The highest BCUT2D eigenvalue weighted by molar-refractivity contribution is 7.51. The SMILES string of the molecule is O=C(NC(CP(=O)(O)O)C(=O)N1CCNCC1)c1cc(NC2CC2)cc(-c2ccccc2)n1. The van der Waals surface area contributed by atoms with Gasteiger partial charge in [-0.2, -0.15) is 0 Å². The first kappa shape index (κ1) is 23.4. The van der Waals surface area contributed by atoms with Crippen molar-refractivity contribution < 1.29 is 23.9 Å². The van der Waals surface area contributed by atoms with Crippen LogP contribution in [0.3, 0.4) is 0 Å². The summed E-state index contributed by atoms with van der Waals surface area (Å²) in [6.07, 6.45) is 1.33. The normalized spacial score (nSPS) is 17.3. The van der Waals surface area contributed by atoms with Crippen LogP contribution in [0.25, 0.3) is 11.3 Å². The lowest BCUT2D eigenvalue weighted by molar-refractivity contribution is -0.133. The molecule has 1 saturated heterocycles. The van der Waals surface area contributed by atoms with Crippen LogP contribution >= 0.6 is 7.60 Å². The molecule has 33 heavy (non-hydrogen) atoms. The Kier molecular flexibility index (Phi) is 7.09. The Balaban J connectivity index is 1.59. The molecule has 0 spiro atoms. The summed E-state index contributed by atoms with van der Waals surface area (Å²) in [6.45, 7) is 1.98. The monoisotopic (exact) mass is 473 g/mol. The van der Waals surface area contributed by atoms with E-state index >= 15 is 0 Å². The number of hydrogen-bond donors (Lipinski definition) is 5. The predicted octanol–water partition coefficient (Wildman–Crippen LogP) is 1.03. The summed E-state index contributed by atoms with van der Waals surface area (Å²) in [5, 5.41) is 9.01. The topological polar surface area (TPSA) is 144 Å². The quantitative estimate of drug-likeness (QED) is 0.358. The van der Waals surface area contributed by atoms with Gasteiger partial charge in [0.15, 0.2) is 0 Å². The minimum atomic E-state index is -4.56. The first-order chi connectivity index (χ1) is 15.8. The van der Waals surface area contributed by atoms with E-state index in [1.807, 2.05) is 36.4 Å². The maximum atomic E-state index is 13.1. The maximum Gasteiger partial charge on any atom is 0.328 e. The van der Waals surface area contributed by atoms with Gasteiger partial charge in [-0.3, -0.25) is 14.2 Å². The van der Waals surface area contributed by atoms with E-state index in [1.54, 1.807) is 6.07 Å². The summed E-state index contributed by atoms with van der Waals surface area (Å²) in [7, 11) is -4.56.